The van der Waals surface area contributed by atoms with Crippen molar-refractivity contribution in [1.29, 1.82) is 0 Å². The molecule has 1 aromatic heterocycles. The maximum atomic E-state index is 13.4. The molecule has 0 radical (unpaired) electrons. The van der Waals surface area contributed by atoms with E-state index in [4.69, 9.17) is 9.47 Å². The molecule has 0 saturated heterocycles. The second kappa shape index (κ2) is 9.90. The van der Waals surface area contributed by atoms with E-state index in [9.17, 15) is 19.5 Å². The molecular weight excluding hydrogens is 476 g/mol. The van der Waals surface area contributed by atoms with Gasteiger partial charge in [0.05, 0.1) is 6.10 Å². The van der Waals surface area contributed by atoms with Gasteiger partial charge in [0.1, 0.15) is 11.9 Å². The second-order valence-electron chi connectivity index (χ2n) is 11.5. The second-order valence-corrected chi connectivity index (χ2v) is 12.5. The number of carbonyl (C=O) groups excluding carboxylic acids is 3. The summed E-state index contributed by atoms with van der Waals surface area (Å²) in [6, 6.07) is 3.76. The molecule has 3 aliphatic rings. The van der Waals surface area contributed by atoms with E-state index in [2.05, 4.69) is 27.4 Å². The molecule has 6 nitrogen and oxygen atoms in total. The molecule has 3 aliphatic carbocycles. The fourth-order valence-electron chi connectivity index (χ4n) is 7.41. The first kappa shape index (κ1) is 26.8. The van der Waals surface area contributed by atoms with Gasteiger partial charge in [0.25, 0.3) is 0 Å². The Morgan fingerprint density at radius 3 is 2.69 bits per heavy atom. The van der Waals surface area contributed by atoms with Crippen LogP contribution in [0.25, 0.3) is 6.08 Å². The van der Waals surface area contributed by atoms with E-state index in [0.717, 1.165) is 24.1 Å². The average Bonchev–Trinajstić information content (AvgIpc) is 3.50. The van der Waals surface area contributed by atoms with Crippen LogP contribution in [0.4, 0.5) is 0 Å². The number of rotatable bonds is 6. The van der Waals surface area contributed by atoms with Crippen molar-refractivity contribution in [3.63, 3.8) is 0 Å². The van der Waals surface area contributed by atoms with E-state index in [1.165, 1.54) is 17.4 Å². The van der Waals surface area contributed by atoms with Gasteiger partial charge in [-0.2, -0.15) is 0 Å². The lowest BCUT2D eigenvalue weighted by atomic mass is 9.44. The van der Waals surface area contributed by atoms with Crippen LogP contribution in [0.15, 0.2) is 36.2 Å². The van der Waals surface area contributed by atoms with Gasteiger partial charge in [-0.1, -0.05) is 39.8 Å². The monoisotopic (exact) mass is 514 g/mol. The molecule has 0 spiro atoms. The number of Topliss-reactive ketones (excluding diaryl/α,β-unsaturated/α-hetero) is 1. The van der Waals surface area contributed by atoms with E-state index in [0.29, 0.717) is 12.8 Å². The fourth-order valence-corrected chi connectivity index (χ4v) is 8.03. The van der Waals surface area contributed by atoms with Crippen LogP contribution in [-0.4, -0.2) is 41.6 Å². The van der Waals surface area contributed by atoms with Crippen LogP contribution in [0.1, 0.15) is 64.7 Å². The molecule has 7 heteroatoms. The Bertz CT molecular complexity index is 1050. The Labute approximate surface area is 217 Å². The van der Waals surface area contributed by atoms with Crippen molar-refractivity contribution in [3.05, 3.63) is 41.1 Å². The number of aliphatic hydroxyl groups excluding tert-OH is 1. The summed E-state index contributed by atoms with van der Waals surface area (Å²) in [5.74, 6) is -1.30. The van der Waals surface area contributed by atoms with E-state index >= 15 is 0 Å². The van der Waals surface area contributed by atoms with E-state index in [1.807, 2.05) is 24.4 Å². The number of ether oxygens (including phenoxy) is 2. The Morgan fingerprint density at radius 2 is 2.03 bits per heavy atom. The lowest BCUT2D eigenvalue weighted by Gasteiger charge is -2.61. The first-order chi connectivity index (χ1) is 17.0. The van der Waals surface area contributed by atoms with Crippen LogP contribution in [0, 0.1) is 34.0 Å². The summed E-state index contributed by atoms with van der Waals surface area (Å²) in [7, 11) is 0. The number of thiophene rings is 1. The third-order valence-electron chi connectivity index (χ3n) is 9.83. The highest BCUT2D eigenvalue weighted by Gasteiger charge is 2.68. The van der Waals surface area contributed by atoms with Gasteiger partial charge in [-0.25, -0.2) is 9.59 Å². The van der Waals surface area contributed by atoms with Crippen LogP contribution >= 0.6 is 11.3 Å². The normalized spacial score (nSPS) is 40.2. The average molecular weight is 515 g/mol. The summed E-state index contributed by atoms with van der Waals surface area (Å²) < 4.78 is 11.2. The van der Waals surface area contributed by atoms with Crippen LogP contribution in [0.2, 0.25) is 0 Å². The number of aliphatic hydroxyl groups is 1. The summed E-state index contributed by atoms with van der Waals surface area (Å²) >= 11 is 1.49. The molecule has 0 unspecified atom stereocenters. The molecule has 0 aromatic carbocycles. The first-order valence-electron chi connectivity index (χ1n) is 12.9. The van der Waals surface area contributed by atoms with E-state index < -0.39 is 41.6 Å². The van der Waals surface area contributed by atoms with E-state index in [-0.39, 0.29) is 29.0 Å². The third kappa shape index (κ3) is 4.38. The van der Waals surface area contributed by atoms with Gasteiger partial charge < -0.3 is 14.6 Å². The lowest BCUT2D eigenvalue weighted by molar-refractivity contribution is -0.208. The SMILES string of the molecule is C=C[C@]1(C)C[C@@H](OC(=O)COC(=O)/C=C/c2cccs2)[C@]2(C)[C@H](C)CC[C@]3(CCC(=O)[C@H]32)[C@@H](C)[C@@H]1O. The molecule has 1 heterocycles. The molecule has 3 saturated carbocycles. The summed E-state index contributed by atoms with van der Waals surface area (Å²) in [5, 5.41) is 13.5. The molecule has 36 heavy (non-hydrogen) atoms. The minimum atomic E-state index is -0.720. The minimum absolute atomic E-state index is 0.0866. The predicted molar refractivity (Wildman–Crippen MR) is 139 cm³/mol. The Balaban J connectivity index is 1.59. The Kier molecular flexibility index (Phi) is 7.37. The Morgan fingerprint density at radius 1 is 1.28 bits per heavy atom. The number of hydrogen-bond donors (Lipinski definition) is 1. The number of hydrogen-bond acceptors (Lipinski definition) is 7. The Hall–Kier alpha value is -2.25. The molecule has 3 fully saturated rings. The smallest absolute Gasteiger partial charge is 0.344 e. The maximum absolute atomic E-state index is 13.4. The van der Waals surface area contributed by atoms with Crippen LogP contribution in [-0.2, 0) is 23.9 Å². The highest BCUT2D eigenvalue weighted by atomic mass is 32.1. The van der Waals surface area contributed by atoms with Crippen LogP contribution in [0.3, 0.4) is 0 Å². The summed E-state index contributed by atoms with van der Waals surface area (Å²) in [5.41, 5.74) is -1.62. The van der Waals surface area contributed by atoms with Crippen molar-refractivity contribution < 1.29 is 29.0 Å². The number of esters is 2. The van der Waals surface area contributed by atoms with Gasteiger partial charge in [-0.05, 0) is 60.5 Å². The molecule has 2 bridgehead atoms. The molecule has 1 N–H and O–H groups in total. The van der Waals surface area contributed by atoms with Crippen molar-refractivity contribution in [1.82, 2.24) is 0 Å². The molecule has 0 amide bonds. The van der Waals surface area contributed by atoms with Crippen LogP contribution < -0.4 is 0 Å². The van der Waals surface area contributed by atoms with Crippen molar-refractivity contribution in [2.75, 3.05) is 6.61 Å². The van der Waals surface area contributed by atoms with Crippen LogP contribution in [0.5, 0.6) is 0 Å². The zero-order chi connectivity index (χ0) is 26.3. The molecule has 196 valence electrons. The van der Waals surface area contributed by atoms with Crippen molar-refractivity contribution in [3.8, 4) is 0 Å². The quantitative estimate of drug-likeness (QED) is 0.318. The van der Waals surface area contributed by atoms with Crippen molar-refractivity contribution >= 4 is 35.1 Å². The number of ketones is 1. The van der Waals surface area contributed by atoms with Gasteiger partial charge >= 0.3 is 11.9 Å². The first-order valence-corrected chi connectivity index (χ1v) is 13.8. The zero-order valence-electron chi connectivity index (χ0n) is 21.7. The largest absolute Gasteiger partial charge is 0.459 e. The van der Waals surface area contributed by atoms with Crippen molar-refractivity contribution in [2.45, 2.75) is 72.0 Å². The minimum Gasteiger partial charge on any atom is -0.459 e. The summed E-state index contributed by atoms with van der Waals surface area (Å²) in [6.07, 6.45) is 6.71. The van der Waals surface area contributed by atoms with E-state index in [1.54, 1.807) is 12.2 Å². The topological polar surface area (TPSA) is 89.9 Å². The highest BCUT2D eigenvalue weighted by Crippen LogP contribution is 2.67. The van der Waals surface area contributed by atoms with Gasteiger partial charge in [0.15, 0.2) is 6.61 Å². The van der Waals surface area contributed by atoms with Gasteiger partial charge in [-0.3, -0.25) is 4.79 Å². The summed E-state index contributed by atoms with van der Waals surface area (Å²) in [6.45, 7) is 11.8. The highest BCUT2D eigenvalue weighted by molar-refractivity contribution is 7.10. The molecule has 1 aromatic rings. The number of carbonyl (C=O) groups is 3. The summed E-state index contributed by atoms with van der Waals surface area (Å²) in [4.78, 5) is 39.4. The molecular formula is C29H38O6S. The van der Waals surface area contributed by atoms with Gasteiger partial charge in [-0.15, -0.1) is 17.9 Å². The lowest BCUT2D eigenvalue weighted by Crippen LogP contribution is -2.63. The third-order valence-corrected chi connectivity index (χ3v) is 10.7. The molecule has 4 rings (SSSR count). The van der Waals surface area contributed by atoms with Gasteiger partial charge in [0.2, 0.25) is 0 Å². The molecule has 8 atom stereocenters. The standard InChI is InChI=1S/C29H38O6S/c1-6-27(4)16-22(35-24(32)17-34-23(31)10-9-20-8-7-15-36-20)28(5)18(2)11-13-29(19(3)26(27)33)14-12-21(30)25(28)29/h6-10,15,18-19,22,25-26,33H,1,11-14,16-17H2,2-5H3/b10-9+/t18-,19+,22-,25+,26+,27-,28+,29+/m1/s1. The molecule has 0 aliphatic heterocycles. The zero-order valence-corrected chi connectivity index (χ0v) is 22.5. The van der Waals surface area contributed by atoms with Gasteiger partial charge in [0, 0.05) is 34.1 Å². The van der Waals surface area contributed by atoms with Crippen molar-refractivity contribution in [2.24, 2.45) is 34.0 Å². The predicted octanol–water partition coefficient (Wildman–Crippen LogP) is 5.21. The fraction of sp³-hybridized carbons (Fsp3) is 0.621. The maximum Gasteiger partial charge on any atom is 0.344 e.